The number of amides is 1. The molecule has 4 rings (SSSR count). The topological polar surface area (TPSA) is 58.6 Å². The maximum Gasteiger partial charge on any atom is 0.242 e. The number of carbonyl (C=O) groups is 1. The summed E-state index contributed by atoms with van der Waals surface area (Å²) < 4.78 is 10.3. The number of aromatic nitrogens is 2. The molecule has 0 aliphatic carbocycles. The predicted octanol–water partition coefficient (Wildman–Crippen LogP) is 4.42. The van der Waals surface area contributed by atoms with E-state index in [-0.39, 0.29) is 24.7 Å². The Morgan fingerprint density at radius 3 is 2.47 bits per heavy atom. The van der Waals surface area contributed by atoms with Gasteiger partial charge in [0.25, 0.3) is 0 Å². The summed E-state index contributed by atoms with van der Waals surface area (Å²) in [6, 6.07) is 17.8. The second kappa shape index (κ2) is 10.4. The van der Waals surface area contributed by atoms with Gasteiger partial charge in [-0.25, -0.2) is 4.98 Å². The Hall–Kier alpha value is -2.48. The van der Waals surface area contributed by atoms with Crippen LogP contribution in [-0.4, -0.2) is 52.0 Å². The fourth-order valence-corrected chi connectivity index (χ4v) is 4.68. The van der Waals surface area contributed by atoms with Gasteiger partial charge in [0.2, 0.25) is 11.0 Å². The Morgan fingerprint density at radius 2 is 1.78 bits per heavy atom. The molecule has 2 atom stereocenters. The summed E-state index contributed by atoms with van der Waals surface area (Å²) in [5.41, 5.74) is 2.22. The van der Waals surface area contributed by atoms with E-state index >= 15 is 0 Å². The molecule has 0 saturated carbocycles. The molecule has 168 valence electrons. The van der Waals surface area contributed by atoms with Crippen molar-refractivity contribution in [2.24, 2.45) is 0 Å². The quantitative estimate of drug-likeness (QED) is 0.511. The Balaban J connectivity index is 1.51. The lowest BCUT2D eigenvalue weighted by molar-refractivity contribution is -0.141. The molecule has 8 heteroatoms. The van der Waals surface area contributed by atoms with Crippen LogP contribution < -0.4 is 4.90 Å². The first-order valence-electron chi connectivity index (χ1n) is 10.8. The van der Waals surface area contributed by atoms with Crippen LogP contribution in [0.25, 0.3) is 0 Å². The highest BCUT2D eigenvalue weighted by atomic mass is 35.5. The van der Waals surface area contributed by atoms with Crippen molar-refractivity contribution < 1.29 is 9.53 Å². The summed E-state index contributed by atoms with van der Waals surface area (Å²) in [7, 11) is 0. The van der Waals surface area contributed by atoms with Gasteiger partial charge in [0.1, 0.15) is 5.82 Å². The van der Waals surface area contributed by atoms with Gasteiger partial charge in [-0.1, -0.05) is 54.1 Å². The van der Waals surface area contributed by atoms with E-state index in [0.29, 0.717) is 31.1 Å². The lowest BCUT2D eigenvalue weighted by atomic mass is 10.1. The number of hydrogen-bond donors (Lipinski definition) is 0. The summed E-state index contributed by atoms with van der Waals surface area (Å²) >= 11 is 7.32. The van der Waals surface area contributed by atoms with Crippen molar-refractivity contribution in [3.8, 4) is 0 Å². The van der Waals surface area contributed by atoms with E-state index in [4.69, 9.17) is 21.3 Å². The highest BCUT2D eigenvalue weighted by molar-refractivity contribution is 7.09. The summed E-state index contributed by atoms with van der Waals surface area (Å²) in [6.07, 6.45) is 0.704. The van der Waals surface area contributed by atoms with Crippen LogP contribution in [0.5, 0.6) is 0 Å². The molecule has 2 unspecified atom stereocenters. The zero-order chi connectivity index (χ0) is 22.5. The first kappa shape index (κ1) is 22.7. The molecular weight excluding hydrogens is 444 g/mol. The third kappa shape index (κ3) is 6.06. The molecule has 2 heterocycles. The van der Waals surface area contributed by atoms with Crippen molar-refractivity contribution in [1.82, 2.24) is 14.3 Å². The zero-order valence-corrected chi connectivity index (χ0v) is 19.9. The highest BCUT2D eigenvalue weighted by Gasteiger charge is 2.27. The van der Waals surface area contributed by atoms with E-state index in [2.05, 4.69) is 16.5 Å². The van der Waals surface area contributed by atoms with Gasteiger partial charge < -0.3 is 14.5 Å². The lowest BCUT2D eigenvalue weighted by Gasteiger charge is -2.36. The smallest absolute Gasteiger partial charge is 0.242 e. The molecule has 1 amide bonds. The summed E-state index contributed by atoms with van der Waals surface area (Å²) in [5.74, 6) is 0.823. The van der Waals surface area contributed by atoms with Crippen LogP contribution in [0.3, 0.4) is 0 Å². The van der Waals surface area contributed by atoms with Gasteiger partial charge in [-0.15, -0.1) is 0 Å². The van der Waals surface area contributed by atoms with Gasteiger partial charge in [-0.3, -0.25) is 4.79 Å². The Morgan fingerprint density at radius 1 is 1.09 bits per heavy atom. The van der Waals surface area contributed by atoms with Crippen LogP contribution in [0.1, 0.15) is 30.8 Å². The number of halogens is 1. The Labute approximate surface area is 198 Å². The Kier molecular flexibility index (Phi) is 7.40. The summed E-state index contributed by atoms with van der Waals surface area (Å²) in [4.78, 5) is 21.8. The number of anilines is 1. The standard InChI is InChI=1S/C24H27ClN4O2S/c1-17-13-28(14-18(2)31-17)23(30)16-29(15-20-6-4-3-5-7-20)24-26-22(27-32-24)12-19-8-10-21(25)11-9-19/h3-11,17-18H,12-16H2,1-2H3. The summed E-state index contributed by atoms with van der Waals surface area (Å²) in [5, 5.41) is 1.46. The first-order valence-corrected chi connectivity index (χ1v) is 11.9. The van der Waals surface area contributed by atoms with E-state index < -0.39 is 0 Å². The van der Waals surface area contributed by atoms with Gasteiger partial charge in [0.15, 0.2) is 0 Å². The van der Waals surface area contributed by atoms with Crippen molar-refractivity contribution in [2.75, 3.05) is 24.5 Å². The van der Waals surface area contributed by atoms with E-state index in [9.17, 15) is 4.79 Å². The van der Waals surface area contributed by atoms with Crippen LogP contribution in [0.15, 0.2) is 54.6 Å². The number of rotatable bonds is 7. The van der Waals surface area contributed by atoms with Crippen LogP contribution in [-0.2, 0) is 22.5 Å². The maximum absolute atomic E-state index is 13.2. The highest BCUT2D eigenvalue weighted by Crippen LogP contribution is 2.22. The molecule has 32 heavy (non-hydrogen) atoms. The minimum Gasteiger partial charge on any atom is -0.372 e. The SMILES string of the molecule is CC1CN(C(=O)CN(Cc2ccccc2)c2nc(Cc3ccc(Cl)cc3)ns2)CC(C)O1. The third-order valence-electron chi connectivity index (χ3n) is 5.32. The molecule has 0 bridgehead atoms. The third-order valence-corrected chi connectivity index (χ3v) is 6.38. The molecule has 0 N–H and O–H groups in total. The van der Waals surface area contributed by atoms with Gasteiger partial charge in [0.05, 0.1) is 18.8 Å². The van der Waals surface area contributed by atoms with E-state index in [0.717, 1.165) is 22.1 Å². The van der Waals surface area contributed by atoms with Crippen molar-refractivity contribution >= 4 is 34.2 Å². The van der Waals surface area contributed by atoms with E-state index in [1.807, 2.05) is 66.1 Å². The number of ether oxygens (including phenoxy) is 1. The van der Waals surface area contributed by atoms with Crippen molar-refractivity contribution in [2.45, 2.75) is 39.0 Å². The molecule has 3 aromatic rings. The van der Waals surface area contributed by atoms with Gasteiger partial charge in [-0.05, 0) is 37.1 Å². The minimum absolute atomic E-state index is 0.0396. The van der Waals surface area contributed by atoms with Crippen molar-refractivity contribution in [3.63, 3.8) is 0 Å². The van der Waals surface area contributed by atoms with E-state index in [1.165, 1.54) is 11.5 Å². The van der Waals surface area contributed by atoms with Crippen LogP contribution in [0, 0.1) is 0 Å². The van der Waals surface area contributed by atoms with E-state index in [1.54, 1.807) is 0 Å². The molecule has 1 saturated heterocycles. The molecule has 1 aromatic heterocycles. The average Bonchev–Trinajstić information content (AvgIpc) is 3.23. The summed E-state index contributed by atoms with van der Waals surface area (Å²) in [6.45, 7) is 6.08. The van der Waals surface area contributed by atoms with Crippen molar-refractivity contribution in [3.05, 3.63) is 76.6 Å². The van der Waals surface area contributed by atoms with Gasteiger partial charge in [-0.2, -0.15) is 4.37 Å². The number of hydrogen-bond acceptors (Lipinski definition) is 6. The second-order valence-electron chi connectivity index (χ2n) is 8.19. The lowest BCUT2D eigenvalue weighted by Crippen LogP contribution is -2.51. The number of benzene rings is 2. The number of morpholine rings is 1. The van der Waals surface area contributed by atoms with Gasteiger partial charge >= 0.3 is 0 Å². The Bertz CT molecular complexity index is 1020. The largest absolute Gasteiger partial charge is 0.372 e. The van der Waals surface area contributed by atoms with Crippen LogP contribution >= 0.6 is 23.1 Å². The monoisotopic (exact) mass is 470 g/mol. The molecule has 2 aromatic carbocycles. The molecule has 1 aliphatic heterocycles. The normalized spacial score (nSPS) is 18.5. The molecule has 0 radical (unpaired) electrons. The molecular formula is C24H27ClN4O2S. The molecule has 1 fully saturated rings. The van der Waals surface area contributed by atoms with Gasteiger partial charge in [0, 0.05) is 42.6 Å². The van der Waals surface area contributed by atoms with Crippen LogP contribution in [0.2, 0.25) is 5.02 Å². The predicted molar refractivity (Wildman–Crippen MR) is 128 cm³/mol. The number of carbonyl (C=O) groups excluding carboxylic acids is 1. The fraction of sp³-hybridized carbons (Fsp3) is 0.375. The first-order chi connectivity index (χ1) is 15.5. The second-order valence-corrected chi connectivity index (χ2v) is 9.36. The number of nitrogens with zero attached hydrogens (tertiary/aromatic N) is 4. The average molecular weight is 471 g/mol. The van der Waals surface area contributed by atoms with Crippen LogP contribution in [0.4, 0.5) is 5.13 Å². The molecule has 1 aliphatic rings. The minimum atomic E-state index is 0.0396. The molecule has 6 nitrogen and oxygen atoms in total. The fourth-order valence-electron chi connectivity index (χ4n) is 3.87. The maximum atomic E-state index is 13.2. The van der Waals surface area contributed by atoms with Crippen molar-refractivity contribution in [1.29, 1.82) is 0 Å². The zero-order valence-electron chi connectivity index (χ0n) is 18.3. The molecule has 0 spiro atoms.